The molecular formula is C20H22N6O. The number of aromatic nitrogens is 4. The van der Waals surface area contributed by atoms with E-state index in [1.807, 2.05) is 6.20 Å². The summed E-state index contributed by atoms with van der Waals surface area (Å²) in [6.45, 7) is 1.96. The first-order valence-electron chi connectivity index (χ1n) is 9.58. The lowest BCUT2D eigenvalue weighted by molar-refractivity contribution is -0.118. The number of ketones is 1. The number of benzene rings is 1. The molecule has 7 heteroatoms. The van der Waals surface area contributed by atoms with Gasteiger partial charge in [0.1, 0.15) is 12.1 Å². The highest BCUT2D eigenvalue weighted by Crippen LogP contribution is 2.27. The molecular weight excluding hydrogens is 340 g/mol. The number of hydrogen-bond acceptors (Lipinski definition) is 6. The van der Waals surface area contributed by atoms with Gasteiger partial charge in [-0.15, -0.1) is 0 Å². The lowest BCUT2D eigenvalue weighted by atomic mass is 10.0. The minimum absolute atomic E-state index is 0.319. The molecule has 1 fully saturated rings. The van der Waals surface area contributed by atoms with Gasteiger partial charge in [0.15, 0.2) is 11.5 Å². The maximum atomic E-state index is 12.0. The molecule has 1 unspecified atom stereocenters. The average Bonchev–Trinajstić information content (AvgIpc) is 3.31. The fraction of sp³-hybridized carbons (Fsp3) is 0.400. The normalized spacial score (nSPS) is 19.9. The van der Waals surface area contributed by atoms with Crippen LogP contribution in [0, 0.1) is 0 Å². The molecule has 0 spiro atoms. The minimum Gasteiger partial charge on any atom is -0.337 e. The summed E-state index contributed by atoms with van der Waals surface area (Å²) in [6, 6.07) is 6.27. The van der Waals surface area contributed by atoms with Crippen molar-refractivity contribution in [3.05, 3.63) is 47.5 Å². The molecule has 3 aromatic rings. The SMILES string of the molecule is O=C1CCCc2ccc(Nc3nc(C4CCNC4)cn4ncnc34)cc2C1. The third-order valence-electron chi connectivity index (χ3n) is 5.52. The van der Waals surface area contributed by atoms with Crippen molar-refractivity contribution in [1.82, 2.24) is 24.9 Å². The molecule has 1 aliphatic carbocycles. The molecule has 138 valence electrons. The number of nitrogens with zero attached hydrogens (tertiary/aromatic N) is 4. The second kappa shape index (κ2) is 6.74. The molecule has 27 heavy (non-hydrogen) atoms. The highest BCUT2D eigenvalue weighted by Gasteiger charge is 2.21. The van der Waals surface area contributed by atoms with E-state index in [1.54, 1.807) is 10.8 Å². The summed E-state index contributed by atoms with van der Waals surface area (Å²) < 4.78 is 1.79. The van der Waals surface area contributed by atoms with E-state index < -0.39 is 0 Å². The van der Waals surface area contributed by atoms with Crippen LogP contribution in [0.15, 0.2) is 30.7 Å². The number of Topliss-reactive ketones (excluding diaryl/α,β-unsaturated/α-hetero) is 1. The van der Waals surface area contributed by atoms with E-state index in [9.17, 15) is 4.79 Å². The van der Waals surface area contributed by atoms with E-state index in [-0.39, 0.29) is 0 Å². The quantitative estimate of drug-likeness (QED) is 0.696. The predicted octanol–water partition coefficient (Wildman–Crippen LogP) is 2.39. The van der Waals surface area contributed by atoms with Crippen molar-refractivity contribution in [2.45, 2.75) is 38.0 Å². The molecule has 0 bridgehead atoms. The van der Waals surface area contributed by atoms with Crippen LogP contribution in [-0.2, 0) is 17.6 Å². The van der Waals surface area contributed by atoms with Gasteiger partial charge in [0.2, 0.25) is 0 Å². The summed E-state index contributed by atoms with van der Waals surface area (Å²) in [5.41, 5.74) is 5.05. The average molecular weight is 362 g/mol. The fourth-order valence-corrected chi connectivity index (χ4v) is 4.06. The first-order chi connectivity index (χ1) is 13.3. The Morgan fingerprint density at radius 3 is 3.07 bits per heavy atom. The van der Waals surface area contributed by atoms with Gasteiger partial charge < -0.3 is 10.6 Å². The predicted molar refractivity (Wildman–Crippen MR) is 102 cm³/mol. The molecule has 1 saturated heterocycles. The number of hydrogen-bond donors (Lipinski definition) is 2. The molecule has 1 atom stereocenters. The summed E-state index contributed by atoms with van der Waals surface area (Å²) in [7, 11) is 0. The Kier molecular flexibility index (Phi) is 4.09. The zero-order valence-electron chi connectivity index (χ0n) is 15.1. The molecule has 2 aromatic heterocycles. The number of carbonyl (C=O) groups is 1. The topological polar surface area (TPSA) is 84.2 Å². The van der Waals surface area contributed by atoms with Gasteiger partial charge in [-0.2, -0.15) is 5.10 Å². The second-order valence-electron chi connectivity index (χ2n) is 7.41. The monoisotopic (exact) mass is 362 g/mol. The number of carbonyl (C=O) groups excluding carboxylic acids is 1. The van der Waals surface area contributed by atoms with Gasteiger partial charge in [-0.25, -0.2) is 14.5 Å². The van der Waals surface area contributed by atoms with Crippen LogP contribution in [0.25, 0.3) is 5.65 Å². The molecule has 2 aliphatic rings. The van der Waals surface area contributed by atoms with Crippen LogP contribution in [0.1, 0.15) is 42.0 Å². The van der Waals surface area contributed by atoms with Crippen molar-refractivity contribution in [2.75, 3.05) is 18.4 Å². The number of nitrogens with one attached hydrogen (secondary N) is 2. The smallest absolute Gasteiger partial charge is 0.198 e. The molecule has 0 amide bonds. The Morgan fingerprint density at radius 1 is 1.22 bits per heavy atom. The number of aryl methyl sites for hydroxylation is 1. The largest absolute Gasteiger partial charge is 0.337 e. The van der Waals surface area contributed by atoms with Crippen molar-refractivity contribution >= 4 is 22.9 Å². The Bertz CT molecular complexity index is 1000. The Balaban J connectivity index is 1.51. The zero-order valence-corrected chi connectivity index (χ0v) is 15.1. The van der Waals surface area contributed by atoms with E-state index in [4.69, 9.17) is 4.98 Å². The highest BCUT2D eigenvalue weighted by atomic mass is 16.1. The van der Waals surface area contributed by atoms with Gasteiger partial charge in [-0.1, -0.05) is 6.07 Å². The van der Waals surface area contributed by atoms with Crippen LogP contribution < -0.4 is 10.6 Å². The molecule has 0 saturated carbocycles. The Labute approximate surface area is 157 Å². The lowest BCUT2D eigenvalue weighted by Gasteiger charge is -2.14. The van der Waals surface area contributed by atoms with E-state index in [2.05, 4.69) is 38.9 Å². The van der Waals surface area contributed by atoms with Crippen molar-refractivity contribution < 1.29 is 4.79 Å². The second-order valence-corrected chi connectivity index (χ2v) is 7.41. The zero-order chi connectivity index (χ0) is 18.2. The maximum Gasteiger partial charge on any atom is 0.198 e. The van der Waals surface area contributed by atoms with Gasteiger partial charge in [-0.3, -0.25) is 4.79 Å². The Hall–Kier alpha value is -2.80. The van der Waals surface area contributed by atoms with Crippen molar-refractivity contribution in [1.29, 1.82) is 0 Å². The third kappa shape index (κ3) is 3.19. The van der Waals surface area contributed by atoms with Gasteiger partial charge in [0.05, 0.1) is 11.9 Å². The highest BCUT2D eigenvalue weighted by molar-refractivity contribution is 5.82. The molecule has 0 radical (unpaired) electrons. The van der Waals surface area contributed by atoms with Crippen molar-refractivity contribution in [2.24, 2.45) is 0 Å². The molecule has 5 rings (SSSR count). The number of rotatable bonds is 3. The molecule has 1 aromatic carbocycles. The molecule has 1 aliphatic heterocycles. The summed E-state index contributed by atoms with van der Waals surface area (Å²) in [6.07, 6.45) is 7.71. The van der Waals surface area contributed by atoms with E-state index in [1.165, 1.54) is 5.56 Å². The van der Waals surface area contributed by atoms with Crippen LogP contribution in [0.5, 0.6) is 0 Å². The summed E-state index contributed by atoms with van der Waals surface area (Å²) in [5, 5.41) is 11.1. The van der Waals surface area contributed by atoms with Crippen LogP contribution in [0.3, 0.4) is 0 Å². The summed E-state index contributed by atoms with van der Waals surface area (Å²) in [5.74, 6) is 1.42. The van der Waals surface area contributed by atoms with Gasteiger partial charge in [0, 0.05) is 31.0 Å². The molecule has 2 N–H and O–H groups in total. The van der Waals surface area contributed by atoms with Crippen LogP contribution in [0.4, 0.5) is 11.5 Å². The van der Waals surface area contributed by atoms with Crippen LogP contribution in [-0.4, -0.2) is 38.5 Å². The lowest BCUT2D eigenvalue weighted by Crippen LogP contribution is -2.11. The minimum atomic E-state index is 0.319. The first-order valence-corrected chi connectivity index (χ1v) is 9.58. The van der Waals surface area contributed by atoms with Gasteiger partial charge in [0.25, 0.3) is 0 Å². The van der Waals surface area contributed by atoms with E-state index in [0.29, 0.717) is 36.0 Å². The van der Waals surface area contributed by atoms with Gasteiger partial charge >= 0.3 is 0 Å². The van der Waals surface area contributed by atoms with Crippen LogP contribution in [0.2, 0.25) is 0 Å². The van der Waals surface area contributed by atoms with Crippen molar-refractivity contribution in [3.8, 4) is 0 Å². The summed E-state index contributed by atoms with van der Waals surface area (Å²) in [4.78, 5) is 21.2. The number of fused-ring (bicyclic) bond motifs is 2. The first kappa shape index (κ1) is 16.4. The third-order valence-corrected chi connectivity index (χ3v) is 5.52. The van der Waals surface area contributed by atoms with Gasteiger partial charge in [-0.05, 0) is 49.1 Å². The van der Waals surface area contributed by atoms with E-state index >= 15 is 0 Å². The standard InChI is InChI=1S/C20H22N6O/c27-17-3-1-2-13-4-5-16(8-15(13)9-17)24-19-20-22-12-23-26(20)11-18(25-19)14-6-7-21-10-14/h4-5,8,11-12,14,21H,1-3,6-7,9-10H2,(H,24,25). The van der Waals surface area contributed by atoms with E-state index in [0.717, 1.165) is 49.3 Å². The molecule has 3 heterocycles. The maximum absolute atomic E-state index is 12.0. The number of anilines is 2. The fourth-order valence-electron chi connectivity index (χ4n) is 4.06. The van der Waals surface area contributed by atoms with Crippen LogP contribution >= 0.6 is 0 Å². The Morgan fingerprint density at radius 2 is 2.19 bits per heavy atom. The van der Waals surface area contributed by atoms with Crippen molar-refractivity contribution in [3.63, 3.8) is 0 Å². The summed E-state index contributed by atoms with van der Waals surface area (Å²) >= 11 is 0. The molecule has 7 nitrogen and oxygen atoms in total.